The molecule has 3 aliphatic rings. The second-order valence-corrected chi connectivity index (χ2v) is 4.99. The molecule has 2 bridgehead atoms. The van der Waals surface area contributed by atoms with Crippen LogP contribution in [-0.2, 0) is 19.0 Å². The summed E-state index contributed by atoms with van der Waals surface area (Å²) in [6.07, 6.45) is 0.998. The van der Waals surface area contributed by atoms with Gasteiger partial charge in [-0.15, -0.1) is 0 Å². The summed E-state index contributed by atoms with van der Waals surface area (Å²) < 4.78 is 17.0. The molecule has 3 fully saturated rings. The zero-order valence-electron chi connectivity index (χ0n) is 9.51. The Morgan fingerprint density at radius 2 is 2.12 bits per heavy atom. The lowest BCUT2D eigenvalue weighted by Crippen LogP contribution is -2.40. The fourth-order valence-electron chi connectivity index (χ4n) is 3.02. The molecule has 16 heavy (non-hydrogen) atoms. The fraction of sp³-hybridized carbons (Fsp3) is 0.750. The first kappa shape index (κ1) is 10.3. The van der Waals surface area contributed by atoms with Gasteiger partial charge in [0.2, 0.25) is 0 Å². The number of rotatable bonds is 2. The highest BCUT2D eigenvalue weighted by Gasteiger charge is 2.62. The van der Waals surface area contributed by atoms with Crippen LogP contribution in [0.5, 0.6) is 0 Å². The van der Waals surface area contributed by atoms with E-state index < -0.39 is 0 Å². The Morgan fingerprint density at radius 1 is 1.38 bits per heavy atom. The molecule has 0 saturated carbocycles. The Hall–Kier alpha value is -0.870. The van der Waals surface area contributed by atoms with Crippen LogP contribution >= 0.6 is 0 Å². The summed E-state index contributed by atoms with van der Waals surface area (Å²) in [7, 11) is 0. The third kappa shape index (κ3) is 1.26. The molecule has 0 aliphatic carbocycles. The molecule has 4 nitrogen and oxygen atoms in total. The number of hydrogen-bond acceptors (Lipinski definition) is 4. The van der Waals surface area contributed by atoms with E-state index in [1.54, 1.807) is 6.92 Å². The van der Waals surface area contributed by atoms with Gasteiger partial charge in [-0.1, -0.05) is 6.58 Å². The Morgan fingerprint density at radius 3 is 2.81 bits per heavy atom. The van der Waals surface area contributed by atoms with Gasteiger partial charge in [-0.05, 0) is 20.3 Å². The molecule has 3 rings (SSSR count). The van der Waals surface area contributed by atoms with Crippen molar-refractivity contribution in [3.05, 3.63) is 12.2 Å². The lowest BCUT2D eigenvalue weighted by molar-refractivity contribution is -0.151. The number of esters is 1. The maximum Gasteiger partial charge on any atom is 0.333 e. The van der Waals surface area contributed by atoms with E-state index in [1.165, 1.54) is 0 Å². The molecule has 0 amide bonds. The van der Waals surface area contributed by atoms with Gasteiger partial charge in [0.05, 0.1) is 18.3 Å². The van der Waals surface area contributed by atoms with E-state index in [-0.39, 0.29) is 36.5 Å². The van der Waals surface area contributed by atoms with Crippen LogP contribution in [-0.4, -0.2) is 36.5 Å². The second kappa shape index (κ2) is 3.31. The fourth-order valence-corrected chi connectivity index (χ4v) is 3.02. The van der Waals surface area contributed by atoms with Crippen LogP contribution in [0.3, 0.4) is 0 Å². The molecule has 0 N–H and O–H groups in total. The van der Waals surface area contributed by atoms with Gasteiger partial charge in [0.1, 0.15) is 6.10 Å². The largest absolute Gasteiger partial charge is 0.453 e. The highest BCUT2D eigenvalue weighted by atomic mass is 16.6. The summed E-state index contributed by atoms with van der Waals surface area (Å²) in [4.78, 5) is 11.5. The summed E-state index contributed by atoms with van der Waals surface area (Å²) >= 11 is 0. The molecule has 3 aliphatic heterocycles. The molecular formula is C12H16O4. The highest BCUT2D eigenvalue weighted by Crippen LogP contribution is 2.49. The molecule has 0 aromatic rings. The molecule has 0 aromatic carbocycles. The highest BCUT2D eigenvalue weighted by molar-refractivity contribution is 5.87. The molecule has 0 radical (unpaired) electrons. The van der Waals surface area contributed by atoms with Crippen molar-refractivity contribution >= 4 is 5.97 Å². The lowest BCUT2D eigenvalue weighted by atomic mass is 9.86. The van der Waals surface area contributed by atoms with Crippen LogP contribution in [0.1, 0.15) is 20.3 Å². The monoisotopic (exact) mass is 224 g/mol. The SMILES string of the molecule is C=C(C)C(=O)OC1C2CC3C(C)OC1C3O2. The minimum Gasteiger partial charge on any atom is -0.453 e. The van der Waals surface area contributed by atoms with Gasteiger partial charge in [0.25, 0.3) is 0 Å². The number of carbonyl (C=O) groups excluding carboxylic acids is 1. The first-order valence-corrected chi connectivity index (χ1v) is 5.75. The van der Waals surface area contributed by atoms with Crippen molar-refractivity contribution in [2.45, 2.75) is 50.8 Å². The van der Waals surface area contributed by atoms with Crippen molar-refractivity contribution < 1.29 is 19.0 Å². The molecule has 4 heteroatoms. The maximum absolute atomic E-state index is 11.5. The Balaban J connectivity index is 1.75. The van der Waals surface area contributed by atoms with E-state index in [1.807, 2.05) is 0 Å². The molecule has 6 unspecified atom stereocenters. The van der Waals surface area contributed by atoms with Crippen molar-refractivity contribution in [3.63, 3.8) is 0 Å². The minimum absolute atomic E-state index is 0.0215. The Bertz CT molecular complexity index is 351. The van der Waals surface area contributed by atoms with Gasteiger partial charge in [-0.25, -0.2) is 4.79 Å². The van der Waals surface area contributed by atoms with Crippen molar-refractivity contribution in [2.75, 3.05) is 0 Å². The van der Waals surface area contributed by atoms with Crippen LogP contribution in [0.25, 0.3) is 0 Å². The second-order valence-electron chi connectivity index (χ2n) is 4.99. The predicted octanol–water partition coefficient (Wildman–Crippen LogP) is 1.05. The van der Waals surface area contributed by atoms with Gasteiger partial charge in [0, 0.05) is 11.5 Å². The van der Waals surface area contributed by atoms with Crippen molar-refractivity contribution in [1.82, 2.24) is 0 Å². The molecule has 0 spiro atoms. The van der Waals surface area contributed by atoms with Gasteiger partial charge in [-0.2, -0.15) is 0 Å². The number of ether oxygens (including phenoxy) is 3. The summed E-state index contributed by atoms with van der Waals surface area (Å²) in [5.41, 5.74) is 0.422. The zero-order chi connectivity index (χ0) is 11.4. The Kier molecular flexibility index (Phi) is 2.13. The van der Waals surface area contributed by atoms with Gasteiger partial charge in [0.15, 0.2) is 6.10 Å². The molecule has 3 saturated heterocycles. The molecular weight excluding hydrogens is 208 g/mol. The third-order valence-corrected chi connectivity index (χ3v) is 3.84. The van der Waals surface area contributed by atoms with E-state index in [4.69, 9.17) is 14.2 Å². The van der Waals surface area contributed by atoms with Crippen LogP contribution in [0.15, 0.2) is 12.2 Å². The van der Waals surface area contributed by atoms with E-state index in [0.29, 0.717) is 11.5 Å². The molecule has 3 heterocycles. The number of carbonyl (C=O) groups is 1. The first-order valence-electron chi connectivity index (χ1n) is 5.75. The number of fused-ring (bicyclic) bond motifs is 1. The van der Waals surface area contributed by atoms with Gasteiger partial charge >= 0.3 is 5.97 Å². The first-order chi connectivity index (χ1) is 7.58. The lowest BCUT2D eigenvalue weighted by Gasteiger charge is -2.23. The summed E-state index contributed by atoms with van der Waals surface area (Å²) in [6, 6.07) is 0. The molecule has 6 atom stereocenters. The minimum atomic E-state index is -0.346. The molecule has 88 valence electrons. The van der Waals surface area contributed by atoms with Gasteiger partial charge in [-0.3, -0.25) is 0 Å². The molecule has 0 aromatic heterocycles. The van der Waals surface area contributed by atoms with E-state index in [0.717, 1.165) is 6.42 Å². The Labute approximate surface area is 94.5 Å². The average Bonchev–Trinajstić information content (AvgIpc) is 2.81. The van der Waals surface area contributed by atoms with Crippen LogP contribution in [0.4, 0.5) is 0 Å². The standard InChI is InChI=1S/C12H16O4/c1-5(2)12(13)16-10-8-4-7-6(3)14-11(10)9(7)15-8/h6-11H,1,4H2,2-3H3. The zero-order valence-corrected chi connectivity index (χ0v) is 9.51. The van der Waals surface area contributed by atoms with Gasteiger partial charge < -0.3 is 14.2 Å². The van der Waals surface area contributed by atoms with Crippen LogP contribution in [0.2, 0.25) is 0 Å². The maximum atomic E-state index is 11.5. The van der Waals surface area contributed by atoms with E-state index in [2.05, 4.69) is 13.5 Å². The number of hydrogen-bond donors (Lipinski definition) is 0. The van der Waals surface area contributed by atoms with Crippen molar-refractivity contribution in [1.29, 1.82) is 0 Å². The average molecular weight is 224 g/mol. The quantitative estimate of drug-likeness (QED) is 0.519. The van der Waals surface area contributed by atoms with Crippen LogP contribution in [0, 0.1) is 5.92 Å². The normalized spacial score (nSPS) is 48.4. The smallest absolute Gasteiger partial charge is 0.333 e. The third-order valence-electron chi connectivity index (χ3n) is 3.84. The van der Waals surface area contributed by atoms with Crippen LogP contribution < -0.4 is 0 Å². The summed E-state index contributed by atoms with van der Waals surface area (Å²) in [6.45, 7) is 7.29. The topological polar surface area (TPSA) is 44.8 Å². The summed E-state index contributed by atoms with van der Waals surface area (Å²) in [5.74, 6) is 0.135. The van der Waals surface area contributed by atoms with E-state index >= 15 is 0 Å². The van der Waals surface area contributed by atoms with Crippen molar-refractivity contribution in [3.8, 4) is 0 Å². The van der Waals surface area contributed by atoms with E-state index in [9.17, 15) is 4.79 Å². The predicted molar refractivity (Wildman–Crippen MR) is 55.8 cm³/mol. The summed E-state index contributed by atoms with van der Waals surface area (Å²) in [5, 5.41) is 0. The van der Waals surface area contributed by atoms with Crippen molar-refractivity contribution in [2.24, 2.45) is 5.92 Å².